The Morgan fingerprint density at radius 1 is 1.42 bits per heavy atom. The van der Waals surface area contributed by atoms with Crippen LogP contribution in [0.1, 0.15) is 36.4 Å². The second kappa shape index (κ2) is 8.72. The number of carbonyl (C=O) groups excluding carboxylic acids is 1. The van der Waals surface area contributed by atoms with E-state index in [1.807, 2.05) is 0 Å². The first-order chi connectivity index (χ1) is 9.22. The number of rotatable bonds is 9. The number of esters is 1. The van der Waals surface area contributed by atoms with E-state index in [0.717, 1.165) is 31.7 Å². The van der Waals surface area contributed by atoms with Crippen LogP contribution in [0.25, 0.3) is 0 Å². The Balaban J connectivity index is 2.33. The topological polar surface area (TPSA) is 54.7 Å². The maximum Gasteiger partial charge on any atom is 0.374 e. The van der Waals surface area contributed by atoms with Crippen LogP contribution >= 0.6 is 0 Å². The number of furan rings is 1. The molecule has 0 saturated carbocycles. The highest BCUT2D eigenvalue weighted by atomic mass is 16.5. The predicted molar refractivity (Wildman–Crippen MR) is 74.2 cm³/mol. The third-order valence-corrected chi connectivity index (χ3v) is 3.02. The molecule has 1 aromatic heterocycles. The summed E-state index contributed by atoms with van der Waals surface area (Å²) in [7, 11) is 1.35. The van der Waals surface area contributed by atoms with Crippen LogP contribution in [-0.4, -0.2) is 44.2 Å². The van der Waals surface area contributed by atoms with E-state index in [2.05, 4.69) is 28.8 Å². The van der Waals surface area contributed by atoms with Crippen molar-refractivity contribution in [2.24, 2.45) is 0 Å². The van der Waals surface area contributed by atoms with Gasteiger partial charge >= 0.3 is 5.97 Å². The molecule has 1 N–H and O–H groups in total. The van der Waals surface area contributed by atoms with E-state index in [-0.39, 0.29) is 5.76 Å². The summed E-state index contributed by atoms with van der Waals surface area (Å²) in [6.07, 6.45) is 2.68. The van der Waals surface area contributed by atoms with Crippen LogP contribution in [0, 0.1) is 0 Å². The molecule has 5 heteroatoms. The first-order valence-electron chi connectivity index (χ1n) is 6.80. The summed E-state index contributed by atoms with van der Waals surface area (Å²) in [5.74, 6) is -0.140. The van der Waals surface area contributed by atoms with Crippen LogP contribution in [-0.2, 0) is 11.3 Å². The number of hydrogen-bond donors (Lipinski definition) is 1. The average Bonchev–Trinajstić information content (AvgIpc) is 2.89. The Morgan fingerprint density at radius 3 is 2.84 bits per heavy atom. The zero-order chi connectivity index (χ0) is 14.1. The van der Waals surface area contributed by atoms with E-state index in [1.165, 1.54) is 19.8 Å². The van der Waals surface area contributed by atoms with Gasteiger partial charge in [0.1, 0.15) is 0 Å². The number of nitrogens with zero attached hydrogens (tertiary/aromatic N) is 1. The predicted octanol–water partition coefficient (Wildman–Crippen LogP) is 1.89. The average molecular weight is 268 g/mol. The van der Waals surface area contributed by atoms with Crippen molar-refractivity contribution in [2.45, 2.75) is 26.8 Å². The van der Waals surface area contributed by atoms with E-state index in [1.54, 1.807) is 6.07 Å². The molecule has 0 fully saturated rings. The minimum absolute atomic E-state index is 0.288. The molecule has 0 bridgehead atoms. The molecule has 0 amide bonds. The van der Waals surface area contributed by atoms with Crippen LogP contribution < -0.4 is 5.32 Å². The van der Waals surface area contributed by atoms with Crippen molar-refractivity contribution in [2.75, 3.05) is 33.3 Å². The van der Waals surface area contributed by atoms with Crippen molar-refractivity contribution >= 4 is 5.97 Å². The molecular weight excluding hydrogens is 244 g/mol. The molecule has 1 heterocycles. The Labute approximate surface area is 114 Å². The Hall–Kier alpha value is -1.33. The Kier molecular flexibility index (Phi) is 7.22. The van der Waals surface area contributed by atoms with E-state index >= 15 is 0 Å². The Morgan fingerprint density at radius 2 is 2.21 bits per heavy atom. The molecule has 0 aliphatic carbocycles. The fraction of sp³-hybridized carbons (Fsp3) is 0.643. The molecule has 1 rings (SSSR count). The molecule has 0 spiro atoms. The smallest absolute Gasteiger partial charge is 0.374 e. The van der Waals surface area contributed by atoms with Crippen molar-refractivity contribution in [3.63, 3.8) is 0 Å². The maximum absolute atomic E-state index is 11.4. The summed E-state index contributed by atoms with van der Waals surface area (Å²) in [6.45, 7) is 9.05. The lowest BCUT2D eigenvalue weighted by molar-refractivity contribution is 0.0563. The number of likely N-dealkylation sites (N-methyl/N-ethyl adjacent to an activating group) is 1. The van der Waals surface area contributed by atoms with Gasteiger partial charge < -0.3 is 19.4 Å². The quantitative estimate of drug-likeness (QED) is 0.547. The third-order valence-electron chi connectivity index (χ3n) is 3.02. The summed E-state index contributed by atoms with van der Waals surface area (Å²) in [5, 5.41) is 3.32. The largest absolute Gasteiger partial charge is 0.463 e. The summed E-state index contributed by atoms with van der Waals surface area (Å²) >= 11 is 0. The molecule has 0 saturated heterocycles. The molecule has 0 aliphatic rings. The second-order valence-electron chi connectivity index (χ2n) is 4.38. The molecule has 1 aromatic rings. The van der Waals surface area contributed by atoms with Gasteiger partial charge in [-0.2, -0.15) is 0 Å². The summed E-state index contributed by atoms with van der Waals surface area (Å²) in [4.78, 5) is 13.8. The number of nitrogens with one attached hydrogen (secondary N) is 1. The van der Waals surface area contributed by atoms with Gasteiger partial charge in [-0.1, -0.05) is 13.8 Å². The molecular formula is C14H24N2O3. The van der Waals surface area contributed by atoms with Crippen LogP contribution in [0.15, 0.2) is 16.7 Å². The van der Waals surface area contributed by atoms with Gasteiger partial charge in [0.15, 0.2) is 0 Å². The van der Waals surface area contributed by atoms with Crippen LogP contribution in [0.4, 0.5) is 0 Å². The molecule has 0 atom stereocenters. The number of hydrogen-bond acceptors (Lipinski definition) is 5. The molecule has 0 radical (unpaired) electrons. The van der Waals surface area contributed by atoms with Gasteiger partial charge in [-0.05, 0) is 25.6 Å². The van der Waals surface area contributed by atoms with E-state index in [0.29, 0.717) is 6.54 Å². The second-order valence-corrected chi connectivity index (χ2v) is 4.38. The number of ether oxygens (including phenoxy) is 1. The van der Waals surface area contributed by atoms with E-state index in [4.69, 9.17) is 4.42 Å². The lowest BCUT2D eigenvalue weighted by Crippen LogP contribution is -2.32. The molecule has 0 aromatic carbocycles. The summed E-state index contributed by atoms with van der Waals surface area (Å²) in [6, 6.07) is 1.79. The van der Waals surface area contributed by atoms with Gasteiger partial charge in [0.2, 0.25) is 5.76 Å². The lowest BCUT2D eigenvalue weighted by Gasteiger charge is -2.19. The van der Waals surface area contributed by atoms with Gasteiger partial charge in [-0.3, -0.25) is 0 Å². The first-order valence-corrected chi connectivity index (χ1v) is 6.80. The highest BCUT2D eigenvalue weighted by molar-refractivity contribution is 5.87. The lowest BCUT2D eigenvalue weighted by atomic mass is 10.2. The molecule has 0 unspecified atom stereocenters. The van der Waals surface area contributed by atoms with E-state index < -0.39 is 5.97 Å². The molecule has 108 valence electrons. The molecule has 5 nitrogen and oxygen atoms in total. The van der Waals surface area contributed by atoms with Crippen molar-refractivity contribution in [3.05, 3.63) is 23.7 Å². The highest BCUT2D eigenvalue weighted by Crippen LogP contribution is 2.11. The molecule has 19 heavy (non-hydrogen) atoms. The first kappa shape index (κ1) is 15.7. The van der Waals surface area contributed by atoms with Crippen molar-refractivity contribution in [3.8, 4) is 0 Å². The van der Waals surface area contributed by atoms with E-state index in [9.17, 15) is 4.79 Å². The Bertz CT molecular complexity index is 377. The monoisotopic (exact) mass is 268 g/mol. The van der Waals surface area contributed by atoms with Crippen molar-refractivity contribution in [1.29, 1.82) is 0 Å². The standard InChI is InChI=1S/C14H24N2O3/c1-4-8-16(5-2)9-7-15-11-12-6-10-19-13(12)14(17)18-3/h6,10,15H,4-5,7-9,11H2,1-3H3. The van der Waals surface area contributed by atoms with Gasteiger partial charge in [0.25, 0.3) is 0 Å². The van der Waals surface area contributed by atoms with Gasteiger partial charge in [0.05, 0.1) is 13.4 Å². The van der Waals surface area contributed by atoms with Gasteiger partial charge in [0, 0.05) is 25.2 Å². The fourth-order valence-corrected chi connectivity index (χ4v) is 1.95. The number of methoxy groups -OCH3 is 1. The maximum atomic E-state index is 11.4. The zero-order valence-corrected chi connectivity index (χ0v) is 12.1. The van der Waals surface area contributed by atoms with Crippen molar-refractivity contribution in [1.82, 2.24) is 10.2 Å². The highest BCUT2D eigenvalue weighted by Gasteiger charge is 2.15. The fourth-order valence-electron chi connectivity index (χ4n) is 1.95. The van der Waals surface area contributed by atoms with Crippen LogP contribution in [0.2, 0.25) is 0 Å². The third kappa shape index (κ3) is 5.04. The zero-order valence-electron chi connectivity index (χ0n) is 12.1. The molecule has 0 aliphatic heterocycles. The summed E-state index contributed by atoms with van der Waals surface area (Å²) < 4.78 is 9.79. The van der Waals surface area contributed by atoms with Gasteiger partial charge in [-0.25, -0.2) is 4.79 Å². The SMILES string of the molecule is CCCN(CC)CCNCc1ccoc1C(=O)OC. The van der Waals surface area contributed by atoms with Crippen LogP contribution in [0.3, 0.4) is 0 Å². The van der Waals surface area contributed by atoms with Gasteiger partial charge in [-0.15, -0.1) is 0 Å². The normalized spacial score (nSPS) is 10.9. The number of carbonyl (C=O) groups is 1. The van der Waals surface area contributed by atoms with Crippen molar-refractivity contribution < 1.29 is 13.9 Å². The minimum atomic E-state index is -0.428. The van der Waals surface area contributed by atoms with Crippen LogP contribution in [0.5, 0.6) is 0 Å². The minimum Gasteiger partial charge on any atom is -0.463 e. The summed E-state index contributed by atoms with van der Waals surface area (Å²) in [5.41, 5.74) is 0.838.